The van der Waals surface area contributed by atoms with Crippen molar-refractivity contribution in [2.24, 2.45) is 0 Å². The average Bonchev–Trinajstić information content (AvgIpc) is 2.33. The number of hydrogen-bond acceptors (Lipinski definition) is 4. The van der Waals surface area contributed by atoms with Gasteiger partial charge in [0.25, 0.3) is 0 Å². The van der Waals surface area contributed by atoms with Gasteiger partial charge in [-0.3, -0.25) is 0 Å². The van der Waals surface area contributed by atoms with Crippen LogP contribution in [-0.2, 0) is 22.4 Å². The highest BCUT2D eigenvalue weighted by molar-refractivity contribution is 7.74. The third kappa shape index (κ3) is 4.96. The minimum atomic E-state index is 0.970. The molecule has 0 aliphatic heterocycles. The fraction of sp³-hybridized carbons (Fsp3) is 0.571. The number of thiol groups is 1. The van der Waals surface area contributed by atoms with Crippen LogP contribution in [0.15, 0.2) is 12.1 Å². The Kier molecular flexibility index (Phi) is 6.78. The van der Waals surface area contributed by atoms with E-state index in [4.69, 9.17) is 4.99 Å². The molecular weight excluding hydrogens is 274 g/mol. The van der Waals surface area contributed by atoms with Crippen LogP contribution >= 0.6 is 12.9 Å². The molecular formula is C14H27N3O2S+2. The molecule has 0 aliphatic carbocycles. The zero-order chi connectivity index (χ0) is 15.3. The van der Waals surface area contributed by atoms with Crippen LogP contribution in [0.4, 0.5) is 5.69 Å². The highest BCUT2D eigenvalue weighted by Crippen LogP contribution is 2.23. The van der Waals surface area contributed by atoms with Crippen molar-refractivity contribution in [2.45, 2.75) is 20.0 Å². The van der Waals surface area contributed by atoms with Crippen LogP contribution in [-0.4, -0.2) is 35.2 Å². The maximum Gasteiger partial charge on any atom is 0.103 e. The molecule has 0 unspecified atom stereocenters. The Morgan fingerprint density at radius 1 is 1.05 bits per heavy atom. The van der Waals surface area contributed by atoms with Gasteiger partial charge >= 0.3 is 0 Å². The van der Waals surface area contributed by atoms with Crippen molar-refractivity contribution in [1.29, 1.82) is 0 Å². The number of nitrogens with one attached hydrogen (secondary N) is 2. The second kappa shape index (κ2) is 7.85. The number of anilines is 1. The monoisotopic (exact) mass is 301 g/mol. The lowest BCUT2D eigenvalue weighted by atomic mass is 10.00. The Balaban J connectivity index is 3.18. The van der Waals surface area contributed by atoms with Crippen LogP contribution < -0.4 is 14.9 Å². The van der Waals surface area contributed by atoms with Gasteiger partial charge in [0.05, 0.1) is 33.9 Å². The zero-order valence-electron chi connectivity index (χ0n) is 13.3. The van der Waals surface area contributed by atoms with Crippen molar-refractivity contribution >= 4 is 18.6 Å². The number of hydrogen-bond donors (Lipinski definition) is 3. The number of quaternary nitrogens is 2. The molecule has 0 aromatic heterocycles. The third-order valence-corrected chi connectivity index (χ3v) is 3.27. The molecule has 0 atom stereocenters. The minimum absolute atomic E-state index is 0.970. The molecule has 0 heterocycles. The summed E-state index contributed by atoms with van der Waals surface area (Å²) in [5.74, 6) is 0. The number of hydroxylamine groups is 1. The molecule has 0 aliphatic rings. The standard InChI is InChI=1S/C14H25N3O2S/c1-11-12(9-15(2)3)7-14(17(6)18-19-20)8-13(11)10-16(4)5/h7-8,20H,9-10H2,1-6H3/p+2. The summed E-state index contributed by atoms with van der Waals surface area (Å²) < 4.78 is 4.44. The van der Waals surface area contributed by atoms with Crippen LogP contribution in [0.2, 0.25) is 0 Å². The van der Waals surface area contributed by atoms with Crippen LogP contribution in [0.3, 0.4) is 0 Å². The van der Waals surface area contributed by atoms with Gasteiger partial charge in [-0.05, 0) is 24.6 Å². The van der Waals surface area contributed by atoms with E-state index in [0.717, 1.165) is 18.8 Å². The fourth-order valence-corrected chi connectivity index (χ4v) is 2.33. The molecule has 2 N–H and O–H groups in total. The summed E-state index contributed by atoms with van der Waals surface area (Å²) in [6, 6.07) is 4.28. The Morgan fingerprint density at radius 3 is 1.85 bits per heavy atom. The molecule has 0 radical (unpaired) electrons. The zero-order valence-corrected chi connectivity index (χ0v) is 14.2. The number of benzene rings is 1. The molecule has 114 valence electrons. The summed E-state index contributed by atoms with van der Waals surface area (Å²) >= 11 is 3.62. The molecule has 1 aromatic rings. The Labute approximate surface area is 127 Å². The van der Waals surface area contributed by atoms with Crippen molar-refractivity contribution in [3.8, 4) is 0 Å². The van der Waals surface area contributed by atoms with Crippen molar-refractivity contribution in [3.05, 3.63) is 28.8 Å². The highest BCUT2D eigenvalue weighted by atomic mass is 32.1. The van der Waals surface area contributed by atoms with Crippen LogP contribution in [0, 0.1) is 6.92 Å². The van der Waals surface area contributed by atoms with Crippen molar-refractivity contribution in [3.63, 3.8) is 0 Å². The quantitative estimate of drug-likeness (QED) is 0.273. The smallest absolute Gasteiger partial charge is 0.103 e. The lowest BCUT2D eigenvalue weighted by Crippen LogP contribution is -3.04. The topological polar surface area (TPSA) is 30.6 Å². The molecule has 0 saturated heterocycles. The maximum atomic E-state index is 4.97. The van der Waals surface area contributed by atoms with Crippen LogP contribution in [0.25, 0.3) is 0 Å². The number of rotatable bonds is 7. The molecule has 0 saturated carbocycles. The van der Waals surface area contributed by atoms with Gasteiger partial charge in [0.15, 0.2) is 0 Å². The summed E-state index contributed by atoms with van der Waals surface area (Å²) in [6.07, 6.45) is 0. The van der Waals surface area contributed by atoms with E-state index in [9.17, 15) is 0 Å². The first-order chi connectivity index (χ1) is 9.35. The predicted octanol–water partition coefficient (Wildman–Crippen LogP) is -0.572. The minimum Gasteiger partial charge on any atom is -0.336 e. The van der Waals surface area contributed by atoms with Gasteiger partial charge < -0.3 is 9.80 Å². The van der Waals surface area contributed by atoms with Gasteiger partial charge in [-0.15, -0.1) is 4.33 Å². The normalized spacial score (nSPS) is 11.4. The first-order valence-electron chi connectivity index (χ1n) is 6.77. The molecule has 20 heavy (non-hydrogen) atoms. The molecule has 0 bridgehead atoms. The van der Waals surface area contributed by atoms with E-state index in [-0.39, 0.29) is 0 Å². The van der Waals surface area contributed by atoms with Gasteiger partial charge in [-0.1, -0.05) is 4.99 Å². The van der Waals surface area contributed by atoms with E-state index in [2.05, 4.69) is 64.5 Å². The van der Waals surface area contributed by atoms with Crippen molar-refractivity contribution in [1.82, 2.24) is 0 Å². The lowest BCUT2D eigenvalue weighted by Gasteiger charge is -2.21. The largest absolute Gasteiger partial charge is 0.336 e. The predicted molar refractivity (Wildman–Crippen MR) is 83.8 cm³/mol. The highest BCUT2D eigenvalue weighted by Gasteiger charge is 2.14. The van der Waals surface area contributed by atoms with E-state index >= 15 is 0 Å². The van der Waals surface area contributed by atoms with E-state index in [1.165, 1.54) is 26.5 Å². The van der Waals surface area contributed by atoms with Gasteiger partial charge in [-0.2, -0.15) is 0 Å². The van der Waals surface area contributed by atoms with E-state index in [0.29, 0.717) is 0 Å². The molecule has 1 rings (SSSR count). The van der Waals surface area contributed by atoms with Crippen molar-refractivity contribution in [2.75, 3.05) is 40.3 Å². The van der Waals surface area contributed by atoms with Crippen molar-refractivity contribution < 1.29 is 19.1 Å². The molecule has 1 aromatic carbocycles. The molecule has 6 heteroatoms. The molecule has 0 fully saturated rings. The first-order valence-corrected chi connectivity index (χ1v) is 7.14. The molecule has 0 spiro atoms. The Hall–Kier alpha value is -0.790. The molecule has 5 nitrogen and oxygen atoms in total. The van der Waals surface area contributed by atoms with Gasteiger partial charge in [-0.25, -0.2) is 5.06 Å². The second-order valence-corrected chi connectivity index (χ2v) is 5.95. The Morgan fingerprint density at radius 2 is 1.50 bits per heavy atom. The SMILES string of the molecule is Cc1c(C[NH+](C)C)cc(N(C)OOS)cc1C[NH+](C)C. The summed E-state index contributed by atoms with van der Waals surface area (Å²) in [6.45, 7) is 4.15. The van der Waals surface area contributed by atoms with E-state index in [1.807, 2.05) is 0 Å². The Bertz CT molecular complexity index is 407. The first kappa shape index (κ1) is 17.3. The van der Waals surface area contributed by atoms with E-state index in [1.54, 1.807) is 12.1 Å². The summed E-state index contributed by atoms with van der Waals surface area (Å²) in [7, 11) is 10.4. The average molecular weight is 301 g/mol. The number of nitrogens with zero attached hydrogens (tertiary/aromatic N) is 1. The molecule has 0 amide bonds. The summed E-state index contributed by atoms with van der Waals surface area (Å²) in [5.41, 5.74) is 4.98. The van der Waals surface area contributed by atoms with E-state index < -0.39 is 0 Å². The summed E-state index contributed by atoms with van der Waals surface area (Å²) in [5, 5.41) is 1.58. The van der Waals surface area contributed by atoms with Gasteiger partial charge in [0.2, 0.25) is 0 Å². The second-order valence-electron chi connectivity index (χ2n) is 5.80. The fourth-order valence-electron chi connectivity index (χ4n) is 2.23. The summed E-state index contributed by atoms with van der Waals surface area (Å²) in [4.78, 5) is 7.75. The lowest BCUT2D eigenvalue weighted by molar-refractivity contribution is -0.873. The third-order valence-electron chi connectivity index (χ3n) is 3.20. The maximum absolute atomic E-state index is 4.97. The van der Waals surface area contributed by atoms with Gasteiger partial charge in [0.1, 0.15) is 13.1 Å². The van der Waals surface area contributed by atoms with Crippen LogP contribution in [0.5, 0.6) is 0 Å². The van der Waals surface area contributed by atoms with Crippen LogP contribution in [0.1, 0.15) is 16.7 Å². The van der Waals surface area contributed by atoms with Gasteiger partial charge in [0, 0.05) is 31.1 Å².